The monoisotopic (exact) mass is 281 g/mol. The second-order valence-corrected chi connectivity index (χ2v) is 6.46. The van der Waals surface area contributed by atoms with Crippen molar-refractivity contribution in [1.82, 2.24) is 9.29 Å². The summed E-state index contributed by atoms with van der Waals surface area (Å²) in [5.41, 5.74) is 0.193. The molecule has 19 heavy (non-hydrogen) atoms. The molecule has 2 rings (SSSR count). The number of nitriles is 1. The maximum atomic E-state index is 12.3. The lowest BCUT2D eigenvalue weighted by molar-refractivity contribution is 0.170. The number of aliphatic hydroxyl groups excluding tert-OH is 1. The van der Waals surface area contributed by atoms with Gasteiger partial charge in [0.2, 0.25) is 10.0 Å². The molecule has 1 aromatic rings. The highest BCUT2D eigenvalue weighted by Gasteiger charge is 2.29. The van der Waals surface area contributed by atoms with Gasteiger partial charge in [-0.2, -0.15) is 9.57 Å². The molecular weight excluding hydrogens is 266 g/mol. The first-order valence-electron chi connectivity index (χ1n) is 6.05. The Hall–Kier alpha value is -1.49. The summed E-state index contributed by atoms with van der Waals surface area (Å²) in [6.45, 7) is 0.924. The molecule has 0 aliphatic carbocycles. The summed E-state index contributed by atoms with van der Waals surface area (Å²) in [5, 5.41) is 17.7. The van der Waals surface area contributed by atoms with Crippen LogP contribution in [0.2, 0.25) is 0 Å². The second-order valence-electron chi connectivity index (χ2n) is 4.52. The number of sulfonamides is 1. The van der Waals surface area contributed by atoms with Gasteiger partial charge in [-0.15, -0.1) is 0 Å². The van der Waals surface area contributed by atoms with Crippen LogP contribution in [-0.4, -0.2) is 42.5 Å². The fraction of sp³-hybridized carbons (Fsp3) is 0.500. The van der Waals surface area contributed by atoms with E-state index >= 15 is 0 Å². The Morgan fingerprint density at radius 2 is 2.11 bits per heavy atom. The zero-order chi connectivity index (χ0) is 13.9. The first-order chi connectivity index (χ1) is 9.07. The highest BCUT2D eigenvalue weighted by molar-refractivity contribution is 7.89. The number of hydrogen-bond acceptors (Lipinski definition) is 5. The lowest BCUT2D eigenvalue weighted by atomic mass is 10.00. The van der Waals surface area contributed by atoms with E-state index in [2.05, 4.69) is 4.98 Å². The summed E-state index contributed by atoms with van der Waals surface area (Å²) in [6, 6.07) is 4.65. The van der Waals surface area contributed by atoms with Crippen LogP contribution in [0.3, 0.4) is 0 Å². The van der Waals surface area contributed by atoms with E-state index in [0.717, 1.165) is 0 Å². The van der Waals surface area contributed by atoms with Crippen LogP contribution in [0, 0.1) is 17.2 Å². The van der Waals surface area contributed by atoms with Crippen molar-refractivity contribution < 1.29 is 13.5 Å². The van der Waals surface area contributed by atoms with Crippen LogP contribution < -0.4 is 0 Å². The van der Waals surface area contributed by atoms with Crippen LogP contribution >= 0.6 is 0 Å². The first-order valence-corrected chi connectivity index (χ1v) is 7.49. The third-order valence-corrected chi connectivity index (χ3v) is 5.20. The third-order valence-electron chi connectivity index (χ3n) is 3.32. The standard InChI is InChI=1S/C12H15N3O3S/c13-7-11-1-2-12(8-14-11)19(17,18)15-5-3-10(9-16)4-6-15/h1-2,8,10,16H,3-6,9H2. The fourth-order valence-electron chi connectivity index (χ4n) is 2.08. The SMILES string of the molecule is N#Cc1ccc(S(=O)(=O)N2CCC(CO)CC2)cn1. The van der Waals surface area contributed by atoms with Crippen molar-refractivity contribution >= 4 is 10.0 Å². The van der Waals surface area contributed by atoms with E-state index in [1.165, 1.54) is 22.6 Å². The van der Waals surface area contributed by atoms with Gasteiger partial charge in [0, 0.05) is 25.9 Å². The lowest BCUT2D eigenvalue weighted by Crippen LogP contribution is -2.39. The summed E-state index contributed by atoms with van der Waals surface area (Å²) < 4.78 is 26.0. The Labute approximate surface area is 112 Å². The maximum absolute atomic E-state index is 12.3. The lowest BCUT2D eigenvalue weighted by Gasteiger charge is -2.30. The van der Waals surface area contributed by atoms with Crippen LogP contribution in [-0.2, 0) is 10.0 Å². The molecule has 0 bridgehead atoms. The molecular formula is C12H15N3O3S. The van der Waals surface area contributed by atoms with Crippen molar-refractivity contribution in [3.63, 3.8) is 0 Å². The van der Waals surface area contributed by atoms with Crippen molar-refractivity contribution in [2.45, 2.75) is 17.7 Å². The number of aromatic nitrogens is 1. The number of pyridine rings is 1. The molecule has 1 saturated heterocycles. The largest absolute Gasteiger partial charge is 0.396 e. The molecule has 0 spiro atoms. The molecule has 1 aliphatic heterocycles. The minimum atomic E-state index is -3.54. The molecule has 0 aromatic carbocycles. The summed E-state index contributed by atoms with van der Waals surface area (Å²) in [4.78, 5) is 3.89. The Balaban J connectivity index is 2.16. The first kappa shape index (κ1) is 13.9. The third kappa shape index (κ3) is 2.92. The molecule has 1 fully saturated rings. The molecule has 102 valence electrons. The second kappa shape index (κ2) is 5.65. The van der Waals surface area contributed by atoms with Crippen LogP contribution in [0.4, 0.5) is 0 Å². The van der Waals surface area contributed by atoms with Gasteiger partial charge in [0.05, 0.1) is 0 Å². The Kier molecular flexibility index (Phi) is 4.14. The van der Waals surface area contributed by atoms with Gasteiger partial charge in [-0.1, -0.05) is 0 Å². The van der Waals surface area contributed by atoms with Crippen LogP contribution in [0.15, 0.2) is 23.2 Å². The Morgan fingerprint density at radius 3 is 2.58 bits per heavy atom. The molecule has 6 nitrogen and oxygen atoms in total. The molecule has 0 unspecified atom stereocenters. The van der Waals surface area contributed by atoms with Crippen molar-refractivity contribution in [2.24, 2.45) is 5.92 Å². The topological polar surface area (TPSA) is 94.3 Å². The fourth-order valence-corrected chi connectivity index (χ4v) is 3.50. The van der Waals surface area contributed by atoms with Crippen molar-refractivity contribution in [1.29, 1.82) is 5.26 Å². The van der Waals surface area contributed by atoms with Gasteiger partial charge in [0.25, 0.3) is 0 Å². The van der Waals surface area contributed by atoms with E-state index in [0.29, 0.717) is 25.9 Å². The molecule has 1 N–H and O–H groups in total. The predicted octanol–water partition coefficient (Wildman–Crippen LogP) is 0.346. The van der Waals surface area contributed by atoms with Gasteiger partial charge in [-0.05, 0) is 30.9 Å². The minimum Gasteiger partial charge on any atom is -0.396 e. The average Bonchev–Trinajstić information content (AvgIpc) is 2.47. The van der Waals surface area contributed by atoms with Crippen LogP contribution in [0.1, 0.15) is 18.5 Å². The van der Waals surface area contributed by atoms with Crippen molar-refractivity contribution in [3.8, 4) is 6.07 Å². The van der Waals surface area contributed by atoms with Crippen LogP contribution in [0.5, 0.6) is 0 Å². The van der Waals surface area contributed by atoms with Gasteiger partial charge in [0.1, 0.15) is 16.7 Å². The molecule has 0 radical (unpaired) electrons. The number of rotatable bonds is 3. The quantitative estimate of drug-likeness (QED) is 0.862. The highest BCUT2D eigenvalue weighted by Crippen LogP contribution is 2.23. The summed E-state index contributed by atoms with van der Waals surface area (Å²) in [5.74, 6) is 0.186. The van der Waals surface area contributed by atoms with E-state index in [-0.39, 0.29) is 23.1 Å². The normalized spacial score (nSPS) is 18.1. The van der Waals surface area contributed by atoms with E-state index in [9.17, 15) is 8.42 Å². The Bertz CT molecular complexity index is 569. The number of nitrogens with zero attached hydrogens (tertiary/aromatic N) is 3. The van der Waals surface area contributed by atoms with E-state index < -0.39 is 10.0 Å². The van der Waals surface area contributed by atoms with Gasteiger partial charge in [-0.25, -0.2) is 13.4 Å². The van der Waals surface area contributed by atoms with Crippen LogP contribution in [0.25, 0.3) is 0 Å². The summed E-state index contributed by atoms with van der Waals surface area (Å²) in [7, 11) is -3.54. The maximum Gasteiger partial charge on any atom is 0.244 e. The molecule has 2 heterocycles. The smallest absolute Gasteiger partial charge is 0.244 e. The zero-order valence-electron chi connectivity index (χ0n) is 10.4. The van der Waals surface area contributed by atoms with Crippen molar-refractivity contribution in [3.05, 3.63) is 24.0 Å². The molecule has 0 amide bonds. The predicted molar refractivity (Wildman–Crippen MR) is 67.5 cm³/mol. The van der Waals surface area contributed by atoms with Gasteiger partial charge in [-0.3, -0.25) is 0 Å². The van der Waals surface area contributed by atoms with Gasteiger partial charge >= 0.3 is 0 Å². The highest BCUT2D eigenvalue weighted by atomic mass is 32.2. The summed E-state index contributed by atoms with van der Waals surface area (Å²) in [6.07, 6.45) is 2.55. The molecule has 0 saturated carbocycles. The average molecular weight is 281 g/mol. The van der Waals surface area contributed by atoms with Crippen molar-refractivity contribution in [2.75, 3.05) is 19.7 Å². The summed E-state index contributed by atoms with van der Waals surface area (Å²) >= 11 is 0. The van der Waals surface area contributed by atoms with Gasteiger partial charge < -0.3 is 5.11 Å². The molecule has 7 heteroatoms. The van der Waals surface area contributed by atoms with E-state index in [1.54, 1.807) is 0 Å². The van der Waals surface area contributed by atoms with E-state index in [1.807, 2.05) is 6.07 Å². The number of aliphatic hydroxyl groups is 1. The molecule has 0 atom stereocenters. The molecule has 1 aromatic heterocycles. The number of piperidine rings is 1. The Morgan fingerprint density at radius 1 is 1.42 bits per heavy atom. The minimum absolute atomic E-state index is 0.103. The van der Waals surface area contributed by atoms with Gasteiger partial charge in [0.15, 0.2) is 0 Å². The van der Waals surface area contributed by atoms with E-state index in [4.69, 9.17) is 10.4 Å². The zero-order valence-corrected chi connectivity index (χ0v) is 11.2. The number of hydrogen-bond donors (Lipinski definition) is 1. The molecule has 1 aliphatic rings.